The summed E-state index contributed by atoms with van der Waals surface area (Å²) in [6, 6.07) is 19.2. The molecule has 2 N–H and O–H groups in total. The molecular weight excluding hydrogens is 400 g/mol. The average molecular weight is 425 g/mol. The number of sulfonamides is 1. The highest BCUT2D eigenvalue weighted by molar-refractivity contribution is 7.89. The number of carbonyl (C=O) groups is 1. The van der Waals surface area contributed by atoms with Crippen LogP contribution in [-0.4, -0.2) is 21.4 Å². The molecule has 0 aliphatic carbocycles. The predicted octanol–water partition coefficient (Wildman–Crippen LogP) is 4.04. The molecule has 0 radical (unpaired) electrons. The second-order valence-corrected chi connectivity index (χ2v) is 8.71. The second-order valence-electron chi connectivity index (χ2n) is 6.94. The van der Waals surface area contributed by atoms with Gasteiger partial charge in [-0.3, -0.25) is 4.79 Å². The van der Waals surface area contributed by atoms with E-state index < -0.39 is 15.9 Å². The minimum absolute atomic E-state index is 0.0328. The third-order valence-electron chi connectivity index (χ3n) is 4.68. The Balaban J connectivity index is 1.84. The number of anilines is 1. The number of nitrogens with one attached hydrogen (secondary N) is 2. The van der Waals surface area contributed by atoms with E-state index in [1.54, 1.807) is 25.1 Å². The normalized spacial score (nSPS) is 11.2. The number of methoxy groups -OCH3 is 1. The predicted molar refractivity (Wildman–Crippen MR) is 117 cm³/mol. The van der Waals surface area contributed by atoms with Crippen molar-refractivity contribution in [2.24, 2.45) is 0 Å². The Morgan fingerprint density at radius 3 is 2.40 bits per heavy atom. The van der Waals surface area contributed by atoms with Crippen LogP contribution in [0, 0.1) is 13.8 Å². The van der Waals surface area contributed by atoms with Crippen molar-refractivity contribution in [1.29, 1.82) is 0 Å². The number of rotatable bonds is 7. The van der Waals surface area contributed by atoms with Crippen molar-refractivity contribution in [3.05, 3.63) is 89.0 Å². The highest BCUT2D eigenvalue weighted by Gasteiger charge is 2.19. The van der Waals surface area contributed by atoms with Gasteiger partial charge >= 0.3 is 0 Å². The van der Waals surface area contributed by atoms with E-state index in [0.29, 0.717) is 17.0 Å². The number of benzene rings is 3. The van der Waals surface area contributed by atoms with Crippen LogP contribution < -0.4 is 14.8 Å². The number of carbonyl (C=O) groups excluding carboxylic acids is 1. The highest BCUT2D eigenvalue weighted by Crippen LogP contribution is 2.26. The Labute approximate surface area is 177 Å². The first kappa shape index (κ1) is 21.5. The van der Waals surface area contributed by atoms with Crippen molar-refractivity contribution < 1.29 is 17.9 Å². The summed E-state index contributed by atoms with van der Waals surface area (Å²) in [6.07, 6.45) is 0. The summed E-state index contributed by atoms with van der Waals surface area (Å²) in [4.78, 5) is 12.9. The van der Waals surface area contributed by atoms with Crippen LogP contribution in [0.5, 0.6) is 5.75 Å². The van der Waals surface area contributed by atoms with Crippen molar-refractivity contribution in [3.8, 4) is 5.75 Å². The maximum atomic E-state index is 12.9. The Bertz CT molecular complexity index is 1160. The zero-order chi connectivity index (χ0) is 21.7. The molecule has 0 heterocycles. The molecule has 0 bridgehead atoms. The smallest absolute Gasteiger partial charge is 0.256 e. The lowest BCUT2D eigenvalue weighted by atomic mass is 10.1. The summed E-state index contributed by atoms with van der Waals surface area (Å²) in [6.45, 7) is 3.83. The van der Waals surface area contributed by atoms with Crippen LogP contribution in [0.3, 0.4) is 0 Å². The molecule has 0 saturated carbocycles. The zero-order valence-electron chi connectivity index (χ0n) is 17.1. The molecular formula is C23H24N2O4S. The SMILES string of the molecule is COc1ccc(C)cc1NC(=O)c1cc(S(=O)(=O)NCc2ccccc2)ccc1C. The summed E-state index contributed by atoms with van der Waals surface area (Å²) >= 11 is 0. The molecule has 3 aromatic carbocycles. The number of hydrogen-bond donors (Lipinski definition) is 2. The van der Waals surface area contributed by atoms with Gasteiger partial charge in [0.15, 0.2) is 0 Å². The summed E-state index contributed by atoms with van der Waals surface area (Å²) in [5.74, 6) is 0.122. The molecule has 156 valence electrons. The first-order valence-electron chi connectivity index (χ1n) is 9.40. The Morgan fingerprint density at radius 2 is 1.70 bits per heavy atom. The lowest BCUT2D eigenvalue weighted by molar-refractivity contribution is 0.102. The highest BCUT2D eigenvalue weighted by atomic mass is 32.2. The molecule has 3 aromatic rings. The standard InChI is InChI=1S/C23H24N2O4S/c1-16-9-12-22(29-3)21(13-16)25-23(26)20-14-19(11-10-17(20)2)30(27,28)24-15-18-7-5-4-6-8-18/h4-14,24H,15H2,1-3H3,(H,25,26). The molecule has 0 unspecified atom stereocenters. The maximum Gasteiger partial charge on any atom is 0.256 e. The molecule has 7 heteroatoms. The lowest BCUT2D eigenvalue weighted by Gasteiger charge is -2.13. The Morgan fingerprint density at radius 1 is 0.967 bits per heavy atom. The molecule has 0 atom stereocenters. The molecule has 30 heavy (non-hydrogen) atoms. The molecule has 0 saturated heterocycles. The lowest BCUT2D eigenvalue weighted by Crippen LogP contribution is -2.24. The molecule has 0 fully saturated rings. The number of amides is 1. The van der Waals surface area contributed by atoms with E-state index in [-0.39, 0.29) is 17.0 Å². The maximum absolute atomic E-state index is 12.9. The molecule has 3 rings (SSSR count). The van der Waals surface area contributed by atoms with Gasteiger partial charge in [-0.25, -0.2) is 13.1 Å². The number of aryl methyl sites for hydroxylation is 2. The van der Waals surface area contributed by atoms with Crippen molar-refractivity contribution in [1.82, 2.24) is 4.72 Å². The fourth-order valence-corrected chi connectivity index (χ4v) is 4.02. The fourth-order valence-electron chi connectivity index (χ4n) is 2.98. The van der Waals surface area contributed by atoms with Crippen LogP contribution in [0.25, 0.3) is 0 Å². The largest absolute Gasteiger partial charge is 0.495 e. The van der Waals surface area contributed by atoms with E-state index in [2.05, 4.69) is 10.0 Å². The van der Waals surface area contributed by atoms with Gasteiger partial charge in [-0.2, -0.15) is 0 Å². The van der Waals surface area contributed by atoms with Crippen LogP contribution in [0.1, 0.15) is 27.0 Å². The Kier molecular flexibility index (Phi) is 6.54. The van der Waals surface area contributed by atoms with E-state index in [0.717, 1.165) is 11.1 Å². The van der Waals surface area contributed by atoms with E-state index >= 15 is 0 Å². The van der Waals surface area contributed by atoms with Crippen LogP contribution in [0.15, 0.2) is 71.6 Å². The first-order chi connectivity index (χ1) is 14.3. The third-order valence-corrected chi connectivity index (χ3v) is 6.08. The first-order valence-corrected chi connectivity index (χ1v) is 10.9. The van der Waals surface area contributed by atoms with Gasteiger partial charge in [0.25, 0.3) is 5.91 Å². The van der Waals surface area contributed by atoms with Crippen LogP contribution in [0.4, 0.5) is 5.69 Å². The Hall–Kier alpha value is -3.16. The van der Waals surface area contributed by atoms with E-state index in [9.17, 15) is 13.2 Å². The molecule has 0 spiro atoms. The minimum Gasteiger partial charge on any atom is -0.495 e. The van der Waals surface area contributed by atoms with E-state index in [4.69, 9.17) is 4.74 Å². The van der Waals surface area contributed by atoms with E-state index in [1.807, 2.05) is 43.3 Å². The van der Waals surface area contributed by atoms with Crippen LogP contribution >= 0.6 is 0 Å². The van der Waals surface area contributed by atoms with Crippen molar-refractivity contribution in [2.75, 3.05) is 12.4 Å². The summed E-state index contributed by atoms with van der Waals surface area (Å²) in [5.41, 5.74) is 3.28. The molecule has 0 aromatic heterocycles. The quantitative estimate of drug-likeness (QED) is 0.599. The number of hydrogen-bond acceptors (Lipinski definition) is 4. The van der Waals surface area contributed by atoms with Crippen LogP contribution in [0.2, 0.25) is 0 Å². The van der Waals surface area contributed by atoms with Crippen molar-refractivity contribution in [3.63, 3.8) is 0 Å². The zero-order valence-corrected chi connectivity index (χ0v) is 17.9. The molecule has 0 aliphatic rings. The monoisotopic (exact) mass is 424 g/mol. The average Bonchev–Trinajstić information content (AvgIpc) is 2.73. The minimum atomic E-state index is -3.78. The van der Waals surface area contributed by atoms with Gasteiger partial charge < -0.3 is 10.1 Å². The fraction of sp³-hybridized carbons (Fsp3) is 0.174. The van der Waals surface area contributed by atoms with E-state index in [1.165, 1.54) is 19.2 Å². The summed E-state index contributed by atoms with van der Waals surface area (Å²) in [7, 11) is -2.25. The van der Waals surface area contributed by atoms with Crippen LogP contribution in [-0.2, 0) is 16.6 Å². The van der Waals surface area contributed by atoms with Gasteiger partial charge in [0, 0.05) is 12.1 Å². The summed E-state index contributed by atoms with van der Waals surface area (Å²) in [5, 5.41) is 2.82. The second kappa shape index (κ2) is 9.11. The van der Waals surface area contributed by atoms with Gasteiger partial charge in [0.1, 0.15) is 5.75 Å². The third kappa shape index (κ3) is 5.06. The van der Waals surface area contributed by atoms with Gasteiger partial charge in [-0.1, -0.05) is 42.5 Å². The molecule has 0 aliphatic heterocycles. The van der Waals surface area contributed by atoms with Gasteiger partial charge in [0.05, 0.1) is 17.7 Å². The van der Waals surface area contributed by atoms with Crippen molar-refractivity contribution in [2.45, 2.75) is 25.3 Å². The summed E-state index contributed by atoms with van der Waals surface area (Å²) < 4.78 is 33.3. The van der Waals surface area contributed by atoms with Gasteiger partial charge in [-0.05, 0) is 54.8 Å². The van der Waals surface area contributed by atoms with Crippen molar-refractivity contribution >= 4 is 21.6 Å². The number of ether oxygens (including phenoxy) is 1. The van der Waals surface area contributed by atoms with Gasteiger partial charge in [0.2, 0.25) is 10.0 Å². The molecule has 6 nitrogen and oxygen atoms in total. The molecule has 1 amide bonds. The topological polar surface area (TPSA) is 84.5 Å². The van der Waals surface area contributed by atoms with Gasteiger partial charge in [-0.15, -0.1) is 0 Å².